The minimum Gasteiger partial charge on any atom is -0.398 e. The number of hydrogen-bond acceptors (Lipinski definition) is 2. The molecule has 0 aliphatic carbocycles. The van der Waals surface area contributed by atoms with E-state index in [2.05, 4.69) is 79.7 Å². The van der Waals surface area contributed by atoms with E-state index in [4.69, 9.17) is 11.5 Å². The second-order valence-electron chi connectivity index (χ2n) is 9.73. The van der Waals surface area contributed by atoms with Crippen molar-refractivity contribution in [3.63, 3.8) is 0 Å². The molecule has 0 amide bonds. The van der Waals surface area contributed by atoms with Crippen LogP contribution in [0, 0.1) is 0 Å². The lowest BCUT2D eigenvalue weighted by molar-refractivity contribution is 0.578. The molecule has 0 saturated carbocycles. The predicted molar refractivity (Wildman–Crippen MR) is 111 cm³/mol. The predicted octanol–water partition coefficient (Wildman–Crippen LogP) is 5.77. The summed E-state index contributed by atoms with van der Waals surface area (Å²) in [6, 6.07) is 12.9. The molecule has 0 aliphatic rings. The summed E-state index contributed by atoms with van der Waals surface area (Å²) in [4.78, 5) is 0. The molecule has 0 heterocycles. The van der Waals surface area contributed by atoms with Gasteiger partial charge in [-0.05, 0) is 45.2 Å². The van der Waals surface area contributed by atoms with Gasteiger partial charge in [0.2, 0.25) is 0 Å². The first-order valence-electron chi connectivity index (χ1n) is 9.05. The summed E-state index contributed by atoms with van der Waals surface area (Å²) < 4.78 is 0. The van der Waals surface area contributed by atoms with E-state index < -0.39 is 0 Å². The molecular weight excluding hydrogens is 304 g/mol. The zero-order valence-electron chi connectivity index (χ0n) is 17.1. The number of nitrogens with two attached hydrogens (primary N) is 2. The second-order valence-corrected chi connectivity index (χ2v) is 9.73. The Morgan fingerprint density at radius 2 is 0.880 bits per heavy atom. The first-order valence-corrected chi connectivity index (χ1v) is 9.05. The molecule has 0 radical (unpaired) electrons. The molecule has 2 nitrogen and oxygen atoms in total. The third kappa shape index (κ3) is 3.84. The van der Waals surface area contributed by atoms with Crippen LogP contribution in [0.2, 0.25) is 0 Å². The van der Waals surface area contributed by atoms with E-state index in [9.17, 15) is 0 Å². The van der Waals surface area contributed by atoms with Gasteiger partial charge >= 0.3 is 0 Å². The smallest absolute Gasteiger partial charge is 0.0352 e. The molecule has 0 fully saturated rings. The molecule has 136 valence electrons. The van der Waals surface area contributed by atoms with Gasteiger partial charge in [0.1, 0.15) is 0 Å². The molecule has 0 bridgehead atoms. The molecule has 4 N–H and O–H groups in total. The van der Waals surface area contributed by atoms with E-state index in [1.54, 1.807) is 0 Å². The van der Waals surface area contributed by atoms with Crippen LogP contribution in [0.4, 0.5) is 11.4 Å². The Balaban J connectivity index is 2.60. The molecule has 0 atom stereocenters. The Bertz CT molecular complexity index is 706. The fourth-order valence-electron chi connectivity index (χ4n) is 3.36. The molecule has 0 saturated heterocycles. The van der Waals surface area contributed by atoms with Crippen molar-refractivity contribution in [1.29, 1.82) is 0 Å². The Hall–Kier alpha value is -1.96. The van der Waals surface area contributed by atoms with Crippen molar-refractivity contribution >= 4 is 11.4 Å². The van der Waals surface area contributed by atoms with Gasteiger partial charge in [0.05, 0.1) is 0 Å². The average molecular weight is 339 g/mol. The molecular formula is C23H34N2. The summed E-state index contributed by atoms with van der Waals surface area (Å²) in [7, 11) is 0. The van der Waals surface area contributed by atoms with Crippen molar-refractivity contribution < 1.29 is 0 Å². The fraction of sp³-hybridized carbons (Fsp3) is 0.478. The zero-order chi connectivity index (χ0) is 19.2. The highest BCUT2D eigenvalue weighted by atomic mass is 14.6. The standard InChI is InChI=1S/C23H34N2/c1-21(2,3)17-13-15(9-11-19(17)24)23(7,8)16-10-12-20(25)18(14-16)22(4,5)6/h9-14H,24-25H2,1-8H3. The van der Waals surface area contributed by atoms with E-state index >= 15 is 0 Å². The highest BCUT2D eigenvalue weighted by molar-refractivity contribution is 5.57. The van der Waals surface area contributed by atoms with Crippen LogP contribution in [0.5, 0.6) is 0 Å². The van der Waals surface area contributed by atoms with Crippen molar-refractivity contribution in [2.24, 2.45) is 0 Å². The van der Waals surface area contributed by atoms with Gasteiger partial charge in [0, 0.05) is 16.8 Å². The van der Waals surface area contributed by atoms with Gasteiger partial charge in [-0.15, -0.1) is 0 Å². The third-order valence-corrected chi connectivity index (χ3v) is 5.17. The first kappa shape index (κ1) is 19.4. The van der Waals surface area contributed by atoms with Crippen LogP contribution in [0.25, 0.3) is 0 Å². The van der Waals surface area contributed by atoms with Gasteiger partial charge in [0.15, 0.2) is 0 Å². The molecule has 25 heavy (non-hydrogen) atoms. The van der Waals surface area contributed by atoms with Crippen molar-refractivity contribution in [2.75, 3.05) is 11.5 Å². The highest BCUT2D eigenvalue weighted by Crippen LogP contribution is 2.39. The molecule has 0 aliphatic heterocycles. The third-order valence-electron chi connectivity index (χ3n) is 5.17. The monoisotopic (exact) mass is 338 g/mol. The molecule has 0 aromatic heterocycles. The lowest BCUT2D eigenvalue weighted by atomic mass is 9.73. The van der Waals surface area contributed by atoms with Crippen LogP contribution < -0.4 is 11.5 Å². The largest absolute Gasteiger partial charge is 0.398 e. The lowest BCUT2D eigenvalue weighted by Gasteiger charge is -2.31. The Morgan fingerprint density at radius 3 is 1.16 bits per heavy atom. The van der Waals surface area contributed by atoms with Crippen LogP contribution in [0.1, 0.15) is 77.6 Å². The zero-order valence-corrected chi connectivity index (χ0v) is 17.1. The van der Waals surface area contributed by atoms with Gasteiger partial charge in [0.25, 0.3) is 0 Å². The summed E-state index contributed by atoms with van der Waals surface area (Å²) in [5.74, 6) is 0. The molecule has 0 unspecified atom stereocenters. The second kappa shape index (κ2) is 6.09. The molecule has 2 heteroatoms. The fourth-order valence-corrected chi connectivity index (χ4v) is 3.36. The summed E-state index contributed by atoms with van der Waals surface area (Å²) in [5.41, 5.74) is 19.1. The minimum atomic E-state index is -0.124. The van der Waals surface area contributed by atoms with E-state index in [-0.39, 0.29) is 16.2 Å². The molecule has 2 rings (SSSR count). The topological polar surface area (TPSA) is 52.0 Å². The van der Waals surface area contributed by atoms with Gasteiger partial charge < -0.3 is 11.5 Å². The van der Waals surface area contributed by atoms with Gasteiger partial charge in [-0.1, -0.05) is 79.7 Å². The Morgan fingerprint density at radius 1 is 0.560 bits per heavy atom. The average Bonchev–Trinajstić information content (AvgIpc) is 2.45. The number of hydrogen-bond donors (Lipinski definition) is 2. The number of benzene rings is 2. The summed E-state index contributed by atoms with van der Waals surface area (Å²) in [6.07, 6.45) is 0. The van der Waals surface area contributed by atoms with Crippen LogP contribution in [-0.4, -0.2) is 0 Å². The highest BCUT2D eigenvalue weighted by Gasteiger charge is 2.28. The molecule has 2 aromatic rings. The van der Waals surface area contributed by atoms with E-state index in [1.165, 1.54) is 22.3 Å². The number of anilines is 2. The quantitative estimate of drug-likeness (QED) is 0.683. The van der Waals surface area contributed by atoms with Crippen LogP contribution in [0.15, 0.2) is 36.4 Å². The normalized spacial score (nSPS) is 13.1. The SMILES string of the molecule is CC(C)(C)c1cc(C(C)(C)c2ccc(N)c(C(C)(C)C)c2)ccc1N. The number of nitrogen functional groups attached to an aromatic ring is 2. The van der Waals surface area contributed by atoms with E-state index in [1.807, 2.05) is 12.1 Å². The van der Waals surface area contributed by atoms with Crippen molar-refractivity contribution in [3.8, 4) is 0 Å². The first-order chi connectivity index (χ1) is 11.2. The lowest BCUT2D eigenvalue weighted by Crippen LogP contribution is -2.23. The Labute approximate surface area is 153 Å². The maximum atomic E-state index is 6.24. The van der Waals surface area contributed by atoms with Crippen molar-refractivity contribution in [3.05, 3.63) is 58.7 Å². The number of rotatable bonds is 2. The van der Waals surface area contributed by atoms with E-state index in [0.29, 0.717) is 0 Å². The van der Waals surface area contributed by atoms with Gasteiger partial charge in [-0.25, -0.2) is 0 Å². The molecule has 0 spiro atoms. The van der Waals surface area contributed by atoms with Crippen LogP contribution >= 0.6 is 0 Å². The van der Waals surface area contributed by atoms with Crippen LogP contribution in [-0.2, 0) is 16.2 Å². The van der Waals surface area contributed by atoms with Crippen LogP contribution in [0.3, 0.4) is 0 Å². The maximum Gasteiger partial charge on any atom is 0.0352 e. The van der Waals surface area contributed by atoms with Crippen molar-refractivity contribution in [1.82, 2.24) is 0 Å². The van der Waals surface area contributed by atoms with Crippen molar-refractivity contribution in [2.45, 2.75) is 71.6 Å². The minimum absolute atomic E-state index is 0.0217. The summed E-state index contributed by atoms with van der Waals surface area (Å²) in [5, 5.41) is 0. The van der Waals surface area contributed by atoms with Gasteiger partial charge in [-0.2, -0.15) is 0 Å². The maximum absolute atomic E-state index is 6.24. The Kier molecular flexibility index (Phi) is 4.71. The summed E-state index contributed by atoms with van der Waals surface area (Å²) >= 11 is 0. The summed E-state index contributed by atoms with van der Waals surface area (Å²) in [6.45, 7) is 17.8. The van der Waals surface area contributed by atoms with E-state index in [0.717, 1.165) is 11.4 Å². The van der Waals surface area contributed by atoms with Gasteiger partial charge in [-0.3, -0.25) is 0 Å². The molecule has 2 aromatic carbocycles.